The van der Waals surface area contributed by atoms with Crippen molar-refractivity contribution >= 4 is 17.3 Å². The fraction of sp³-hybridized carbons (Fsp3) is 0.333. The lowest BCUT2D eigenvalue weighted by Gasteiger charge is -2.05. The molecule has 0 bridgehead atoms. The van der Waals surface area contributed by atoms with Gasteiger partial charge < -0.3 is 5.11 Å². The zero-order valence-corrected chi connectivity index (χ0v) is 12.1. The number of carboxylic acids is 1. The second-order valence-corrected chi connectivity index (χ2v) is 5.78. The van der Waals surface area contributed by atoms with Crippen molar-refractivity contribution in [2.45, 2.75) is 33.1 Å². The quantitative estimate of drug-likeness (QED) is 0.917. The lowest BCUT2D eigenvalue weighted by molar-refractivity contribution is -0.137. The summed E-state index contributed by atoms with van der Waals surface area (Å²) in [5.41, 5.74) is 4.49. The van der Waals surface area contributed by atoms with Gasteiger partial charge >= 0.3 is 5.97 Å². The summed E-state index contributed by atoms with van der Waals surface area (Å²) in [5.74, 6) is -0.822. The molecular formula is C15H17NO2S. The Kier molecular flexibility index (Phi) is 4.00. The molecule has 19 heavy (non-hydrogen) atoms. The van der Waals surface area contributed by atoms with Crippen LogP contribution in [0.25, 0.3) is 11.3 Å². The molecule has 0 fully saturated rings. The van der Waals surface area contributed by atoms with E-state index in [4.69, 9.17) is 5.11 Å². The van der Waals surface area contributed by atoms with Crippen LogP contribution in [0.1, 0.15) is 35.4 Å². The number of carboxylic acid groups (broad SMARTS) is 1. The molecule has 0 aliphatic heterocycles. The maximum absolute atomic E-state index is 10.7. The number of carbonyl (C=O) groups is 1. The van der Waals surface area contributed by atoms with Crippen LogP contribution in [-0.2, 0) is 4.79 Å². The van der Waals surface area contributed by atoms with Crippen LogP contribution in [0.2, 0.25) is 0 Å². The van der Waals surface area contributed by atoms with Crippen molar-refractivity contribution in [2.24, 2.45) is 0 Å². The largest absolute Gasteiger partial charge is 0.481 e. The van der Waals surface area contributed by atoms with E-state index in [1.807, 2.05) is 12.3 Å². The maximum Gasteiger partial charge on any atom is 0.304 e. The van der Waals surface area contributed by atoms with E-state index in [9.17, 15) is 4.79 Å². The van der Waals surface area contributed by atoms with E-state index in [1.54, 1.807) is 0 Å². The number of benzene rings is 1. The fourth-order valence-electron chi connectivity index (χ4n) is 2.09. The van der Waals surface area contributed by atoms with E-state index in [-0.39, 0.29) is 12.3 Å². The number of nitrogens with zero attached hydrogens (tertiary/aromatic N) is 1. The highest BCUT2D eigenvalue weighted by molar-refractivity contribution is 7.10. The molecule has 2 aromatic rings. The van der Waals surface area contributed by atoms with Gasteiger partial charge in [-0.3, -0.25) is 4.79 Å². The average Bonchev–Trinajstić information content (AvgIpc) is 2.77. The number of hydrogen-bond donors (Lipinski definition) is 1. The summed E-state index contributed by atoms with van der Waals surface area (Å²) in [6.45, 7) is 6.04. The molecule has 0 aliphatic rings. The lowest BCUT2D eigenvalue weighted by atomic mass is 10.0. The summed E-state index contributed by atoms with van der Waals surface area (Å²) >= 11 is 1.53. The van der Waals surface area contributed by atoms with Gasteiger partial charge in [0.1, 0.15) is 0 Å². The van der Waals surface area contributed by atoms with Crippen LogP contribution < -0.4 is 0 Å². The second-order valence-electron chi connectivity index (χ2n) is 4.89. The van der Waals surface area contributed by atoms with Crippen molar-refractivity contribution in [3.05, 3.63) is 39.7 Å². The number of aromatic nitrogens is 1. The molecule has 1 heterocycles. The van der Waals surface area contributed by atoms with Gasteiger partial charge in [0.05, 0.1) is 17.1 Å². The third kappa shape index (κ3) is 3.20. The van der Waals surface area contributed by atoms with Crippen molar-refractivity contribution in [2.75, 3.05) is 0 Å². The molecule has 0 saturated heterocycles. The SMILES string of the molecule is Cc1ccc(-c2csc(C(C)CC(=O)O)n2)c(C)c1. The van der Waals surface area contributed by atoms with Crippen LogP contribution in [0.4, 0.5) is 0 Å². The molecule has 0 aliphatic carbocycles. The zero-order chi connectivity index (χ0) is 14.0. The van der Waals surface area contributed by atoms with E-state index < -0.39 is 5.97 Å². The number of hydrogen-bond acceptors (Lipinski definition) is 3. The van der Waals surface area contributed by atoms with Gasteiger partial charge in [-0.05, 0) is 19.4 Å². The van der Waals surface area contributed by atoms with Crippen LogP contribution in [0.5, 0.6) is 0 Å². The Morgan fingerprint density at radius 1 is 1.42 bits per heavy atom. The summed E-state index contributed by atoms with van der Waals surface area (Å²) in [5, 5.41) is 11.7. The predicted octanol–water partition coefficient (Wildman–Crippen LogP) is 4.01. The molecule has 4 heteroatoms. The number of aryl methyl sites for hydroxylation is 2. The standard InChI is InChI=1S/C15H17NO2S/c1-9-4-5-12(10(2)6-9)13-8-19-15(16-13)11(3)7-14(17)18/h4-6,8,11H,7H2,1-3H3,(H,17,18). The van der Waals surface area contributed by atoms with Crippen LogP contribution in [0, 0.1) is 13.8 Å². The van der Waals surface area contributed by atoms with Crippen LogP contribution in [-0.4, -0.2) is 16.1 Å². The summed E-state index contributed by atoms with van der Waals surface area (Å²) < 4.78 is 0. The number of rotatable bonds is 4. The Labute approximate surface area is 116 Å². The van der Waals surface area contributed by atoms with Gasteiger partial charge in [-0.2, -0.15) is 0 Å². The normalized spacial score (nSPS) is 12.4. The van der Waals surface area contributed by atoms with Gasteiger partial charge in [-0.1, -0.05) is 30.7 Å². The molecule has 3 nitrogen and oxygen atoms in total. The van der Waals surface area contributed by atoms with Gasteiger partial charge in [0.2, 0.25) is 0 Å². The minimum absolute atomic E-state index is 0.0398. The second kappa shape index (κ2) is 5.53. The van der Waals surface area contributed by atoms with Crippen LogP contribution in [0.3, 0.4) is 0 Å². The van der Waals surface area contributed by atoms with E-state index in [2.05, 4.69) is 37.0 Å². The van der Waals surface area contributed by atoms with Crippen molar-refractivity contribution in [3.8, 4) is 11.3 Å². The Morgan fingerprint density at radius 3 is 2.79 bits per heavy atom. The highest BCUT2D eigenvalue weighted by atomic mass is 32.1. The third-order valence-electron chi connectivity index (χ3n) is 3.08. The summed E-state index contributed by atoms with van der Waals surface area (Å²) in [4.78, 5) is 15.3. The van der Waals surface area contributed by atoms with Gasteiger partial charge in [0.15, 0.2) is 0 Å². The smallest absolute Gasteiger partial charge is 0.304 e. The zero-order valence-electron chi connectivity index (χ0n) is 11.3. The molecule has 1 aromatic heterocycles. The Balaban J connectivity index is 2.28. The van der Waals surface area contributed by atoms with E-state index in [0.29, 0.717) is 0 Å². The third-order valence-corrected chi connectivity index (χ3v) is 4.16. The van der Waals surface area contributed by atoms with Gasteiger partial charge in [0.25, 0.3) is 0 Å². The molecule has 0 radical (unpaired) electrons. The molecule has 100 valence electrons. The van der Waals surface area contributed by atoms with Crippen molar-refractivity contribution < 1.29 is 9.90 Å². The monoisotopic (exact) mass is 275 g/mol. The van der Waals surface area contributed by atoms with Crippen LogP contribution >= 0.6 is 11.3 Å². The molecular weight excluding hydrogens is 258 g/mol. The summed E-state index contributed by atoms with van der Waals surface area (Å²) in [7, 11) is 0. The molecule has 1 atom stereocenters. The van der Waals surface area contributed by atoms with Gasteiger partial charge in [-0.15, -0.1) is 11.3 Å². The first-order valence-electron chi connectivity index (χ1n) is 6.22. The number of thiazole rings is 1. The highest BCUT2D eigenvalue weighted by Crippen LogP contribution is 2.30. The van der Waals surface area contributed by atoms with Crippen LogP contribution in [0.15, 0.2) is 23.6 Å². The number of aliphatic carboxylic acids is 1. The molecule has 1 unspecified atom stereocenters. The molecule has 0 amide bonds. The molecule has 0 spiro atoms. The summed E-state index contributed by atoms with van der Waals surface area (Å²) in [6, 6.07) is 6.28. The first kappa shape index (κ1) is 13.7. The topological polar surface area (TPSA) is 50.2 Å². The minimum Gasteiger partial charge on any atom is -0.481 e. The Bertz CT molecular complexity index is 604. The molecule has 0 saturated carbocycles. The van der Waals surface area contributed by atoms with E-state index in [0.717, 1.165) is 16.3 Å². The first-order chi connectivity index (χ1) is 8.97. The van der Waals surface area contributed by atoms with Gasteiger partial charge in [-0.25, -0.2) is 4.98 Å². The lowest BCUT2D eigenvalue weighted by Crippen LogP contribution is -2.02. The molecule has 1 aromatic carbocycles. The van der Waals surface area contributed by atoms with E-state index in [1.165, 1.54) is 22.5 Å². The fourth-order valence-corrected chi connectivity index (χ4v) is 2.97. The Morgan fingerprint density at radius 2 is 2.16 bits per heavy atom. The predicted molar refractivity (Wildman–Crippen MR) is 77.7 cm³/mol. The first-order valence-corrected chi connectivity index (χ1v) is 7.10. The van der Waals surface area contributed by atoms with Crippen molar-refractivity contribution in [1.29, 1.82) is 0 Å². The highest BCUT2D eigenvalue weighted by Gasteiger charge is 2.15. The van der Waals surface area contributed by atoms with Gasteiger partial charge in [0, 0.05) is 16.9 Å². The van der Waals surface area contributed by atoms with E-state index >= 15 is 0 Å². The minimum atomic E-state index is -0.782. The molecule has 2 rings (SSSR count). The van der Waals surface area contributed by atoms with Crippen molar-refractivity contribution in [3.63, 3.8) is 0 Å². The Hall–Kier alpha value is -1.68. The maximum atomic E-state index is 10.7. The molecule has 1 N–H and O–H groups in total. The average molecular weight is 275 g/mol. The summed E-state index contributed by atoms with van der Waals surface area (Å²) in [6.07, 6.45) is 0.125. The van der Waals surface area contributed by atoms with Crippen molar-refractivity contribution in [1.82, 2.24) is 4.98 Å².